The van der Waals surface area contributed by atoms with Crippen LogP contribution in [0.2, 0.25) is 0 Å². The highest BCUT2D eigenvalue weighted by atomic mass is 32.2. The first kappa shape index (κ1) is 21.7. The number of aromatic nitrogens is 2. The van der Waals surface area contributed by atoms with Crippen molar-refractivity contribution in [2.24, 2.45) is 0 Å². The first-order valence-corrected chi connectivity index (χ1v) is 11.4. The van der Waals surface area contributed by atoms with E-state index < -0.39 is 12.6 Å². The Morgan fingerprint density at radius 1 is 0.794 bits per heavy atom. The number of esters is 1. The van der Waals surface area contributed by atoms with Crippen LogP contribution >= 0.6 is 11.8 Å². The second kappa shape index (κ2) is 9.36. The van der Waals surface area contributed by atoms with Gasteiger partial charge in [0.05, 0.1) is 17.9 Å². The number of carbonyl (C=O) groups excluding carboxylic acids is 2. The number of para-hydroxylation sites is 2. The maximum atomic E-state index is 13.2. The van der Waals surface area contributed by atoms with E-state index in [4.69, 9.17) is 4.74 Å². The molecule has 0 spiro atoms. The Hall–Kier alpha value is -4.17. The summed E-state index contributed by atoms with van der Waals surface area (Å²) in [5.74, 6) is -1.16. The molecule has 1 aliphatic heterocycles. The van der Waals surface area contributed by atoms with Gasteiger partial charge in [-0.15, -0.1) is 0 Å². The number of hydrogen-bond donors (Lipinski definition) is 0. The fourth-order valence-corrected chi connectivity index (χ4v) is 4.72. The molecule has 2 heterocycles. The summed E-state index contributed by atoms with van der Waals surface area (Å²) in [6.07, 6.45) is 0. The lowest BCUT2D eigenvalue weighted by Crippen LogP contribution is -2.33. The van der Waals surface area contributed by atoms with E-state index in [2.05, 4.69) is 5.10 Å². The number of ether oxygens (including phenoxy) is 1. The number of benzene rings is 3. The zero-order valence-corrected chi connectivity index (χ0v) is 18.8. The molecule has 0 aliphatic carbocycles. The lowest BCUT2D eigenvalue weighted by Gasteiger charge is -2.30. The second-order valence-electron chi connectivity index (χ2n) is 7.54. The molecule has 8 heteroatoms. The van der Waals surface area contributed by atoms with Gasteiger partial charge in [0.1, 0.15) is 0 Å². The maximum absolute atomic E-state index is 13.2. The summed E-state index contributed by atoms with van der Waals surface area (Å²) in [6.45, 7) is -0.246. The number of nitrogens with zero attached hydrogens (tertiary/aromatic N) is 3. The van der Waals surface area contributed by atoms with E-state index in [0.29, 0.717) is 0 Å². The average Bonchev–Trinajstić information content (AvgIpc) is 2.87. The molecular formula is C26H19N3O4S. The number of rotatable bonds is 5. The molecule has 0 fully saturated rings. The molecule has 3 aromatic carbocycles. The minimum Gasteiger partial charge on any atom is -0.451 e. The predicted octanol–water partition coefficient (Wildman–Crippen LogP) is 4.28. The van der Waals surface area contributed by atoms with Gasteiger partial charge in [-0.1, -0.05) is 66.4 Å². The number of amides is 1. The van der Waals surface area contributed by atoms with Gasteiger partial charge in [0.2, 0.25) is 0 Å². The van der Waals surface area contributed by atoms with Gasteiger partial charge in [0.15, 0.2) is 12.3 Å². The van der Waals surface area contributed by atoms with Crippen LogP contribution in [0.25, 0.3) is 0 Å². The van der Waals surface area contributed by atoms with Crippen molar-refractivity contribution < 1.29 is 14.3 Å². The van der Waals surface area contributed by atoms with Crippen molar-refractivity contribution >= 4 is 35.0 Å². The predicted molar refractivity (Wildman–Crippen MR) is 128 cm³/mol. The third-order valence-electron chi connectivity index (χ3n) is 5.26. The molecule has 0 saturated carbocycles. The Bertz CT molecular complexity index is 1390. The van der Waals surface area contributed by atoms with Gasteiger partial charge >= 0.3 is 5.97 Å². The van der Waals surface area contributed by atoms with E-state index in [9.17, 15) is 14.4 Å². The monoisotopic (exact) mass is 469 g/mol. The Kier molecular flexibility index (Phi) is 5.97. The molecule has 0 N–H and O–H groups in total. The van der Waals surface area contributed by atoms with E-state index in [1.54, 1.807) is 16.7 Å². The first-order valence-electron chi connectivity index (χ1n) is 10.6. The van der Waals surface area contributed by atoms with Crippen LogP contribution in [-0.4, -0.2) is 28.3 Å². The average molecular weight is 470 g/mol. The highest BCUT2D eigenvalue weighted by Gasteiger charge is 2.28. The molecule has 0 bridgehead atoms. The van der Waals surface area contributed by atoms with E-state index in [1.807, 2.05) is 78.9 Å². The number of carbonyl (C=O) groups is 2. The standard InChI is InChI=1S/C26H19N3O4S/c30-24-15-14-19(27-28(24)16-18-8-2-1-3-9-18)26(32)33-17-25(31)29-20-10-4-6-12-22(20)34-23-13-7-5-11-21(23)29/h1-15H,16-17H2. The van der Waals surface area contributed by atoms with Crippen molar-refractivity contribution in [3.05, 3.63) is 113 Å². The van der Waals surface area contributed by atoms with Crippen LogP contribution in [0.1, 0.15) is 16.1 Å². The molecule has 1 amide bonds. The molecule has 34 heavy (non-hydrogen) atoms. The molecule has 4 aromatic rings. The van der Waals surface area contributed by atoms with Crippen molar-refractivity contribution in [2.75, 3.05) is 11.5 Å². The van der Waals surface area contributed by atoms with Gasteiger partial charge in [-0.25, -0.2) is 9.48 Å². The molecule has 1 aliphatic rings. The lowest BCUT2D eigenvalue weighted by atomic mass is 10.2. The smallest absolute Gasteiger partial charge is 0.359 e. The summed E-state index contributed by atoms with van der Waals surface area (Å²) < 4.78 is 6.50. The molecule has 168 valence electrons. The highest BCUT2D eigenvalue weighted by Crippen LogP contribution is 2.47. The van der Waals surface area contributed by atoms with Crippen LogP contribution in [0, 0.1) is 0 Å². The van der Waals surface area contributed by atoms with Crippen LogP contribution in [0.5, 0.6) is 0 Å². The number of hydrogen-bond acceptors (Lipinski definition) is 6. The van der Waals surface area contributed by atoms with E-state index in [1.165, 1.54) is 16.8 Å². The SMILES string of the molecule is O=C(OCC(=O)N1c2ccccc2Sc2ccccc21)c1ccc(=O)n(Cc2ccccc2)n1. The molecule has 1 aromatic heterocycles. The summed E-state index contributed by atoms with van der Waals surface area (Å²) in [7, 11) is 0. The third-order valence-corrected chi connectivity index (χ3v) is 6.39. The quantitative estimate of drug-likeness (QED) is 0.406. The van der Waals surface area contributed by atoms with Crippen LogP contribution in [0.4, 0.5) is 11.4 Å². The normalized spacial score (nSPS) is 11.9. The fraction of sp³-hybridized carbons (Fsp3) is 0.0769. The Morgan fingerprint density at radius 2 is 1.41 bits per heavy atom. The van der Waals surface area contributed by atoms with Gasteiger partial charge in [0.25, 0.3) is 11.5 Å². The van der Waals surface area contributed by atoms with Crippen LogP contribution in [0.15, 0.2) is 106 Å². The van der Waals surface area contributed by atoms with Gasteiger partial charge in [-0.2, -0.15) is 5.10 Å². The van der Waals surface area contributed by atoms with Crippen molar-refractivity contribution in [1.29, 1.82) is 0 Å². The molecule has 0 saturated heterocycles. The Balaban J connectivity index is 1.34. The van der Waals surface area contributed by atoms with Crippen molar-refractivity contribution in [2.45, 2.75) is 16.3 Å². The molecular weight excluding hydrogens is 450 g/mol. The van der Waals surface area contributed by atoms with E-state index in [-0.39, 0.29) is 23.7 Å². The first-order chi connectivity index (χ1) is 16.6. The fourth-order valence-electron chi connectivity index (χ4n) is 3.67. The van der Waals surface area contributed by atoms with Crippen molar-refractivity contribution in [1.82, 2.24) is 9.78 Å². The van der Waals surface area contributed by atoms with Crippen molar-refractivity contribution in [3.8, 4) is 0 Å². The summed E-state index contributed by atoms with van der Waals surface area (Å²) in [6, 6.07) is 27.1. The van der Waals surface area contributed by atoms with Crippen LogP contribution < -0.4 is 10.5 Å². The zero-order chi connectivity index (χ0) is 23.5. The number of fused-ring (bicyclic) bond motifs is 2. The number of anilines is 2. The molecule has 7 nitrogen and oxygen atoms in total. The van der Waals surface area contributed by atoms with Gasteiger partial charge < -0.3 is 4.74 Å². The third kappa shape index (κ3) is 4.35. The largest absolute Gasteiger partial charge is 0.451 e. The van der Waals surface area contributed by atoms with Gasteiger partial charge in [0, 0.05) is 15.9 Å². The highest BCUT2D eigenvalue weighted by molar-refractivity contribution is 7.99. The van der Waals surface area contributed by atoms with Gasteiger partial charge in [-0.3, -0.25) is 14.5 Å². The van der Waals surface area contributed by atoms with Crippen molar-refractivity contribution in [3.63, 3.8) is 0 Å². The Morgan fingerprint density at radius 3 is 2.09 bits per heavy atom. The second-order valence-corrected chi connectivity index (χ2v) is 8.63. The molecule has 5 rings (SSSR count). The topological polar surface area (TPSA) is 81.5 Å². The van der Waals surface area contributed by atoms with E-state index in [0.717, 1.165) is 26.7 Å². The summed E-state index contributed by atoms with van der Waals surface area (Å²) in [4.78, 5) is 41.5. The summed E-state index contributed by atoms with van der Waals surface area (Å²) in [5.41, 5.74) is 1.97. The summed E-state index contributed by atoms with van der Waals surface area (Å²) in [5, 5.41) is 4.13. The minimum atomic E-state index is -0.775. The van der Waals surface area contributed by atoms with Gasteiger partial charge in [-0.05, 0) is 35.9 Å². The summed E-state index contributed by atoms with van der Waals surface area (Å²) >= 11 is 1.58. The van der Waals surface area contributed by atoms with E-state index >= 15 is 0 Å². The van der Waals surface area contributed by atoms with Crippen LogP contribution in [0.3, 0.4) is 0 Å². The lowest BCUT2D eigenvalue weighted by molar-refractivity contribution is -0.121. The minimum absolute atomic E-state index is 0.0432. The molecule has 0 unspecified atom stereocenters. The molecule has 0 atom stereocenters. The maximum Gasteiger partial charge on any atom is 0.359 e. The zero-order valence-electron chi connectivity index (χ0n) is 18.0. The Labute approximate surface area is 199 Å². The van der Waals surface area contributed by atoms with Crippen LogP contribution in [-0.2, 0) is 16.1 Å². The molecule has 0 radical (unpaired) electrons.